The summed E-state index contributed by atoms with van der Waals surface area (Å²) in [4.78, 5) is 16.9. The molecule has 4 rings (SSSR count). The fourth-order valence-corrected chi connectivity index (χ4v) is 3.90. The van der Waals surface area contributed by atoms with Gasteiger partial charge in [0.1, 0.15) is 17.7 Å². The zero-order valence-electron chi connectivity index (χ0n) is 18.5. The zero-order valence-corrected chi connectivity index (χ0v) is 19.3. The number of halogens is 2. The molecule has 0 aliphatic rings. The first-order chi connectivity index (χ1) is 16.8. The Balaban J connectivity index is 1.63. The Morgan fingerprint density at radius 2 is 2.06 bits per heavy atom. The second-order valence-corrected chi connectivity index (χ2v) is 8.23. The molecular formula is C25H20ClFN6O2. The van der Waals surface area contributed by atoms with E-state index in [1.165, 1.54) is 23.0 Å². The first-order valence-corrected chi connectivity index (χ1v) is 10.8. The fraction of sp³-hybridized carbons (Fsp3) is 0.120. The van der Waals surface area contributed by atoms with E-state index in [0.717, 1.165) is 0 Å². The normalized spacial score (nSPS) is 11.6. The Labute approximate surface area is 205 Å². The smallest absolute Gasteiger partial charge is 0.254 e. The molecule has 2 aromatic heterocycles. The van der Waals surface area contributed by atoms with Crippen LogP contribution in [0, 0.1) is 17.1 Å². The molecule has 2 aromatic carbocycles. The highest BCUT2D eigenvalue weighted by molar-refractivity contribution is 6.30. The van der Waals surface area contributed by atoms with Crippen LogP contribution in [0.1, 0.15) is 27.7 Å². The van der Waals surface area contributed by atoms with E-state index in [1.807, 2.05) is 6.07 Å². The molecular weight excluding hydrogens is 471 g/mol. The van der Waals surface area contributed by atoms with E-state index >= 15 is 4.39 Å². The summed E-state index contributed by atoms with van der Waals surface area (Å²) in [6.45, 7) is -0.389. The van der Waals surface area contributed by atoms with Crippen LogP contribution in [-0.4, -0.2) is 32.4 Å². The summed E-state index contributed by atoms with van der Waals surface area (Å²) in [6, 6.07) is 13.7. The van der Waals surface area contributed by atoms with E-state index in [2.05, 4.69) is 15.4 Å². The number of anilines is 1. The number of aromatic nitrogens is 3. The minimum atomic E-state index is -0.772. The number of carbonyl (C=O) groups excluding carboxylic acids is 1. The Kier molecular flexibility index (Phi) is 6.78. The Bertz CT molecular complexity index is 1460. The van der Waals surface area contributed by atoms with Gasteiger partial charge in [0.15, 0.2) is 5.69 Å². The van der Waals surface area contributed by atoms with Gasteiger partial charge in [0.2, 0.25) is 0 Å². The van der Waals surface area contributed by atoms with Gasteiger partial charge in [0.05, 0.1) is 18.2 Å². The minimum Gasteiger partial charge on any atom is -0.394 e. The SMILES string of the molecule is Cn1cc(-c2cnc(N)c(-c3ccc(C(=O)N[C@H](CO)c4cccc(Cl)c4)c(F)c3)c2)c(C#N)n1. The average Bonchev–Trinajstić information content (AvgIpc) is 3.23. The van der Waals surface area contributed by atoms with Crippen molar-refractivity contribution in [1.82, 2.24) is 20.1 Å². The van der Waals surface area contributed by atoms with Crippen LogP contribution >= 0.6 is 11.6 Å². The third-order valence-electron chi connectivity index (χ3n) is 5.43. The predicted molar refractivity (Wildman–Crippen MR) is 130 cm³/mol. The minimum absolute atomic E-state index is 0.161. The molecule has 1 amide bonds. The maximum atomic E-state index is 15.0. The van der Waals surface area contributed by atoms with Crippen molar-refractivity contribution in [3.8, 4) is 28.3 Å². The Morgan fingerprint density at radius 3 is 2.74 bits per heavy atom. The van der Waals surface area contributed by atoms with Crippen LogP contribution in [0.5, 0.6) is 0 Å². The number of carbonyl (C=O) groups is 1. The van der Waals surface area contributed by atoms with Crippen molar-refractivity contribution >= 4 is 23.3 Å². The second kappa shape index (κ2) is 9.93. The highest BCUT2D eigenvalue weighted by Crippen LogP contribution is 2.31. The van der Waals surface area contributed by atoms with Gasteiger partial charge in [-0.3, -0.25) is 9.48 Å². The molecule has 35 heavy (non-hydrogen) atoms. The highest BCUT2D eigenvalue weighted by atomic mass is 35.5. The fourth-order valence-electron chi connectivity index (χ4n) is 3.70. The van der Waals surface area contributed by atoms with Crippen LogP contribution < -0.4 is 11.1 Å². The molecule has 1 atom stereocenters. The van der Waals surface area contributed by atoms with Gasteiger partial charge in [0, 0.05) is 41.2 Å². The van der Waals surface area contributed by atoms with Gasteiger partial charge in [0.25, 0.3) is 5.91 Å². The van der Waals surface area contributed by atoms with Crippen LogP contribution in [0.3, 0.4) is 0 Å². The van der Waals surface area contributed by atoms with Gasteiger partial charge in [-0.15, -0.1) is 0 Å². The summed E-state index contributed by atoms with van der Waals surface area (Å²) in [7, 11) is 1.70. The number of hydrogen-bond acceptors (Lipinski definition) is 6. The molecule has 0 aliphatic carbocycles. The monoisotopic (exact) mass is 490 g/mol. The van der Waals surface area contributed by atoms with Gasteiger partial charge in [-0.1, -0.05) is 29.8 Å². The van der Waals surface area contributed by atoms with E-state index in [4.69, 9.17) is 17.3 Å². The lowest BCUT2D eigenvalue weighted by atomic mass is 9.99. The van der Waals surface area contributed by atoms with Crippen LogP contribution in [0.25, 0.3) is 22.3 Å². The molecule has 0 saturated heterocycles. The van der Waals surface area contributed by atoms with E-state index in [9.17, 15) is 15.2 Å². The first kappa shape index (κ1) is 23.9. The van der Waals surface area contributed by atoms with Crippen molar-refractivity contribution in [2.24, 2.45) is 7.05 Å². The summed E-state index contributed by atoms with van der Waals surface area (Å²) in [5.41, 5.74) is 8.66. The van der Waals surface area contributed by atoms with Crippen LogP contribution in [0.4, 0.5) is 10.2 Å². The lowest BCUT2D eigenvalue weighted by Crippen LogP contribution is -2.31. The predicted octanol–water partition coefficient (Wildman–Crippen LogP) is 3.86. The van der Waals surface area contributed by atoms with E-state index < -0.39 is 17.8 Å². The third kappa shape index (κ3) is 4.99. The number of amides is 1. The summed E-state index contributed by atoms with van der Waals surface area (Å²) in [6.07, 6.45) is 3.20. The first-order valence-electron chi connectivity index (χ1n) is 10.5. The number of nitrogens with zero attached hydrogens (tertiary/aromatic N) is 4. The standard InChI is InChI=1S/C25H20ClFN6O2/c1-33-12-20(22(10-28)32-33)16-8-19(24(29)30-11-16)14-5-6-18(21(27)9-14)25(35)31-23(13-34)15-3-2-4-17(26)7-15/h2-9,11-12,23,34H,13H2,1H3,(H2,29,30)(H,31,35)/t23-/m1/s1. The summed E-state index contributed by atoms with van der Waals surface area (Å²) in [5.74, 6) is -1.30. The topological polar surface area (TPSA) is 130 Å². The number of nitrogen functional groups attached to an aromatic ring is 1. The lowest BCUT2D eigenvalue weighted by Gasteiger charge is -2.17. The van der Waals surface area contributed by atoms with Crippen molar-refractivity contribution in [3.63, 3.8) is 0 Å². The zero-order chi connectivity index (χ0) is 25.1. The molecule has 4 aromatic rings. The summed E-state index contributed by atoms with van der Waals surface area (Å²) >= 11 is 5.99. The molecule has 2 heterocycles. The molecule has 0 spiro atoms. The van der Waals surface area contributed by atoms with Crippen LogP contribution in [0.15, 0.2) is 60.9 Å². The van der Waals surface area contributed by atoms with Gasteiger partial charge in [-0.05, 0) is 41.5 Å². The number of pyridine rings is 1. The number of aliphatic hydroxyl groups excluding tert-OH is 1. The van der Waals surface area contributed by atoms with Crippen molar-refractivity contribution in [3.05, 3.63) is 88.6 Å². The molecule has 0 unspecified atom stereocenters. The number of nitrogens with one attached hydrogen (secondary N) is 1. The molecule has 0 aliphatic heterocycles. The molecule has 0 bridgehead atoms. The quantitative estimate of drug-likeness (QED) is 0.376. The number of nitrogens with two attached hydrogens (primary N) is 1. The summed E-state index contributed by atoms with van der Waals surface area (Å²) in [5, 5.41) is 26.2. The van der Waals surface area contributed by atoms with Crippen LogP contribution in [0.2, 0.25) is 5.02 Å². The summed E-state index contributed by atoms with van der Waals surface area (Å²) < 4.78 is 16.5. The Morgan fingerprint density at radius 1 is 1.26 bits per heavy atom. The number of rotatable bonds is 6. The molecule has 8 nitrogen and oxygen atoms in total. The number of aliphatic hydroxyl groups is 1. The maximum Gasteiger partial charge on any atom is 0.254 e. The van der Waals surface area contributed by atoms with Gasteiger partial charge < -0.3 is 16.2 Å². The lowest BCUT2D eigenvalue weighted by molar-refractivity contribution is 0.0912. The van der Waals surface area contributed by atoms with Gasteiger partial charge in [-0.2, -0.15) is 10.4 Å². The average molecular weight is 491 g/mol. The molecule has 0 radical (unpaired) electrons. The van der Waals surface area contributed by atoms with Crippen molar-refractivity contribution in [2.45, 2.75) is 6.04 Å². The number of aryl methyl sites for hydroxylation is 1. The number of benzene rings is 2. The van der Waals surface area contributed by atoms with Gasteiger partial charge in [-0.25, -0.2) is 9.37 Å². The van der Waals surface area contributed by atoms with Crippen molar-refractivity contribution in [1.29, 1.82) is 5.26 Å². The van der Waals surface area contributed by atoms with Crippen molar-refractivity contribution in [2.75, 3.05) is 12.3 Å². The molecule has 10 heteroatoms. The van der Waals surface area contributed by atoms with E-state index in [-0.39, 0.29) is 23.7 Å². The van der Waals surface area contributed by atoms with Crippen LogP contribution in [-0.2, 0) is 7.05 Å². The van der Waals surface area contributed by atoms with E-state index in [0.29, 0.717) is 32.8 Å². The number of hydrogen-bond donors (Lipinski definition) is 3. The highest BCUT2D eigenvalue weighted by Gasteiger charge is 2.20. The molecule has 4 N–H and O–H groups in total. The molecule has 0 saturated carbocycles. The molecule has 0 fully saturated rings. The third-order valence-corrected chi connectivity index (χ3v) is 5.66. The van der Waals surface area contributed by atoms with E-state index in [1.54, 1.807) is 49.6 Å². The van der Waals surface area contributed by atoms with Gasteiger partial charge >= 0.3 is 0 Å². The Hall–Kier alpha value is -4.26. The largest absolute Gasteiger partial charge is 0.394 e. The number of nitriles is 1. The second-order valence-electron chi connectivity index (χ2n) is 7.79. The maximum absolute atomic E-state index is 15.0. The van der Waals surface area contributed by atoms with Crippen molar-refractivity contribution < 1.29 is 14.3 Å². The molecule has 176 valence electrons.